The molecule has 0 aliphatic carbocycles. The topological polar surface area (TPSA) is 132 Å². The number of aromatic nitrogens is 1. The smallest absolute Gasteiger partial charge is 0.325 e. The van der Waals surface area contributed by atoms with Crippen LogP contribution in [0.15, 0.2) is 57.2 Å². The zero-order valence-electron chi connectivity index (χ0n) is 21.3. The van der Waals surface area contributed by atoms with Crippen molar-refractivity contribution >= 4 is 53.3 Å². The number of rotatable bonds is 7. The molecule has 1 saturated heterocycles. The molecule has 0 saturated carbocycles. The largest absolute Gasteiger partial charge is 0.468 e. The zero-order valence-corrected chi connectivity index (χ0v) is 23.7. The molecule has 1 atom stereocenters. The molecule has 1 aliphatic heterocycles. The molecule has 0 N–H and O–H groups in total. The van der Waals surface area contributed by atoms with Gasteiger partial charge in [-0.25, -0.2) is 16.8 Å². The lowest BCUT2D eigenvalue weighted by molar-refractivity contribution is -0.141. The van der Waals surface area contributed by atoms with Crippen LogP contribution < -0.4 is 4.80 Å². The zero-order chi connectivity index (χ0) is 27.7. The van der Waals surface area contributed by atoms with Gasteiger partial charge in [0, 0.05) is 24.4 Å². The number of sulfonamides is 1. The van der Waals surface area contributed by atoms with Crippen molar-refractivity contribution in [1.29, 1.82) is 0 Å². The maximum atomic E-state index is 13.2. The molecular weight excluding hydrogens is 550 g/mol. The number of esters is 1. The molecule has 3 aromatic rings. The van der Waals surface area contributed by atoms with E-state index in [1.807, 2.05) is 6.92 Å². The van der Waals surface area contributed by atoms with Gasteiger partial charge in [0.15, 0.2) is 14.6 Å². The molecule has 10 nitrogen and oxygen atoms in total. The Bertz CT molecular complexity index is 1650. The number of fused-ring (bicyclic) bond motifs is 1. The van der Waals surface area contributed by atoms with Crippen LogP contribution in [-0.4, -0.2) is 63.5 Å². The number of thiazole rings is 1. The van der Waals surface area contributed by atoms with E-state index in [-0.39, 0.29) is 32.7 Å². The first kappa shape index (κ1) is 28.1. The predicted octanol–water partition coefficient (Wildman–Crippen LogP) is 2.97. The van der Waals surface area contributed by atoms with Crippen molar-refractivity contribution < 1.29 is 31.2 Å². The third-order valence-corrected chi connectivity index (χ3v) is 10.7. The van der Waals surface area contributed by atoms with Crippen molar-refractivity contribution in [2.75, 3.05) is 19.9 Å². The van der Waals surface area contributed by atoms with Crippen molar-refractivity contribution in [3.05, 3.63) is 52.8 Å². The predicted molar refractivity (Wildman–Crippen MR) is 143 cm³/mol. The molecule has 204 valence electrons. The summed E-state index contributed by atoms with van der Waals surface area (Å²) in [6, 6.07) is 10.1. The number of carbonyl (C=O) groups excluding carboxylic acids is 2. The van der Waals surface area contributed by atoms with Gasteiger partial charge in [-0.3, -0.25) is 9.59 Å². The van der Waals surface area contributed by atoms with Gasteiger partial charge in [-0.05, 0) is 61.7 Å². The second-order valence-corrected chi connectivity index (χ2v) is 14.0. The van der Waals surface area contributed by atoms with Gasteiger partial charge in [0.25, 0.3) is 5.91 Å². The molecule has 13 heteroatoms. The van der Waals surface area contributed by atoms with E-state index in [0.29, 0.717) is 16.8 Å². The lowest BCUT2D eigenvalue weighted by Gasteiger charge is -2.34. The van der Waals surface area contributed by atoms with E-state index < -0.39 is 31.7 Å². The van der Waals surface area contributed by atoms with Crippen molar-refractivity contribution in [3.63, 3.8) is 0 Å². The molecule has 1 aliphatic rings. The molecule has 1 amide bonds. The van der Waals surface area contributed by atoms with Gasteiger partial charge < -0.3 is 9.30 Å². The summed E-state index contributed by atoms with van der Waals surface area (Å²) in [5, 5.41) is 0. The lowest BCUT2D eigenvalue weighted by atomic mass is 10.0. The number of hydrogen-bond donors (Lipinski definition) is 0. The number of hydrogen-bond acceptors (Lipinski definition) is 8. The SMILES string of the molecule is CCC1CCCCN1S(=O)(=O)c1ccc(C(=O)N=c2sc3cc(S(C)(=O)=O)ccc3n2CC(=O)OC)cc1. The molecule has 1 aromatic heterocycles. The summed E-state index contributed by atoms with van der Waals surface area (Å²) >= 11 is 1.06. The Morgan fingerprint density at radius 3 is 2.37 bits per heavy atom. The van der Waals surface area contributed by atoms with Gasteiger partial charge in [-0.1, -0.05) is 24.7 Å². The van der Waals surface area contributed by atoms with Crippen LogP contribution in [0.1, 0.15) is 43.0 Å². The van der Waals surface area contributed by atoms with Crippen molar-refractivity contribution in [2.24, 2.45) is 4.99 Å². The quantitative estimate of drug-likeness (QED) is 0.393. The van der Waals surface area contributed by atoms with E-state index in [4.69, 9.17) is 4.74 Å². The van der Waals surface area contributed by atoms with Gasteiger partial charge in [-0.2, -0.15) is 9.30 Å². The highest BCUT2D eigenvalue weighted by molar-refractivity contribution is 7.90. The molecule has 0 spiro atoms. The number of nitrogens with zero attached hydrogens (tertiary/aromatic N) is 3. The van der Waals surface area contributed by atoms with Gasteiger partial charge >= 0.3 is 5.97 Å². The maximum absolute atomic E-state index is 13.2. The number of piperidine rings is 1. The Kier molecular flexibility index (Phi) is 8.21. The minimum Gasteiger partial charge on any atom is -0.468 e. The van der Waals surface area contributed by atoms with Gasteiger partial charge in [-0.15, -0.1) is 0 Å². The first-order valence-electron chi connectivity index (χ1n) is 12.1. The van der Waals surface area contributed by atoms with Crippen molar-refractivity contribution in [2.45, 2.75) is 55.0 Å². The molecule has 1 fully saturated rings. The highest BCUT2D eigenvalue weighted by Gasteiger charge is 2.32. The molecular formula is C25H29N3O7S3. The van der Waals surface area contributed by atoms with Gasteiger partial charge in [0.05, 0.1) is 27.1 Å². The van der Waals surface area contributed by atoms with Crippen molar-refractivity contribution in [1.82, 2.24) is 8.87 Å². The first-order chi connectivity index (χ1) is 18.0. The minimum absolute atomic E-state index is 0.0357. The van der Waals surface area contributed by atoms with E-state index in [2.05, 4.69) is 4.99 Å². The van der Waals surface area contributed by atoms with E-state index in [1.54, 1.807) is 10.4 Å². The Hall–Kier alpha value is -2.87. The minimum atomic E-state index is -3.69. The summed E-state index contributed by atoms with van der Waals surface area (Å²) in [4.78, 5) is 29.7. The van der Waals surface area contributed by atoms with Crippen molar-refractivity contribution in [3.8, 4) is 0 Å². The summed E-state index contributed by atoms with van der Waals surface area (Å²) in [6.07, 6.45) is 4.48. The maximum Gasteiger partial charge on any atom is 0.325 e. The van der Waals surface area contributed by atoms with Crippen LogP contribution in [0.3, 0.4) is 0 Å². The fraction of sp³-hybridized carbons (Fsp3) is 0.400. The van der Waals surface area contributed by atoms with Crippen LogP contribution in [-0.2, 0) is 35.9 Å². The molecule has 4 rings (SSSR count). The summed E-state index contributed by atoms with van der Waals surface area (Å²) < 4.78 is 58.8. The third kappa shape index (κ3) is 5.75. The average molecular weight is 580 g/mol. The van der Waals surface area contributed by atoms with Crippen LogP contribution >= 0.6 is 11.3 Å². The second-order valence-electron chi connectivity index (χ2n) is 9.06. The number of methoxy groups -OCH3 is 1. The summed E-state index contributed by atoms with van der Waals surface area (Å²) in [7, 11) is -5.92. The van der Waals surface area contributed by atoms with Crippen LogP contribution in [0.2, 0.25) is 0 Å². The van der Waals surface area contributed by atoms with E-state index in [1.165, 1.54) is 48.1 Å². The Labute approximate surface area is 225 Å². The standard InChI is InChI=1S/C25H29N3O7S3/c1-4-18-7-5-6-14-28(18)38(33,34)19-10-8-17(9-11-19)24(30)26-25-27(16-23(29)35-2)21-13-12-20(37(3,31)32)15-22(21)36-25/h8-13,15,18H,4-7,14,16H2,1-3H3. The monoisotopic (exact) mass is 579 g/mol. The summed E-state index contributed by atoms with van der Waals surface area (Å²) in [6.45, 7) is 2.22. The molecule has 2 heterocycles. The number of sulfone groups is 1. The molecule has 38 heavy (non-hydrogen) atoms. The Morgan fingerprint density at radius 2 is 1.74 bits per heavy atom. The molecule has 1 unspecified atom stereocenters. The van der Waals surface area contributed by atoms with Crippen LogP contribution in [0.25, 0.3) is 10.2 Å². The first-order valence-corrected chi connectivity index (χ1v) is 16.2. The summed E-state index contributed by atoms with van der Waals surface area (Å²) in [5.74, 6) is -1.20. The summed E-state index contributed by atoms with van der Waals surface area (Å²) in [5.41, 5.74) is 0.696. The van der Waals surface area contributed by atoms with E-state index in [9.17, 15) is 26.4 Å². The molecule has 0 bridgehead atoms. The highest BCUT2D eigenvalue weighted by Crippen LogP contribution is 2.27. The number of carbonyl (C=O) groups is 2. The van der Waals surface area contributed by atoms with Crippen LogP contribution in [0.5, 0.6) is 0 Å². The number of benzene rings is 2. The fourth-order valence-electron chi connectivity index (χ4n) is 4.47. The van der Waals surface area contributed by atoms with Crippen LogP contribution in [0.4, 0.5) is 0 Å². The molecule has 2 aromatic carbocycles. The van der Waals surface area contributed by atoms with E-state index >= 15 is 0 Å². The lowest BCUT2D eigenvalue weighted by Crippen LogP contribution is -2.43. The van der Waals surface area contributed by atoms with Gasteiger partial charge in [0.2, 0.25) is 10.0 Å². The van der Waals surface area contributed by atoms with Crippen LogP contribution in [0, 0.1) is 0 Å². The normalized spacial score (nSPS) is 17.6. The number of amides is 1. The molecule has 0 radical (unpaired) electrons. The number of ether oxygens (including phenoxy) is 1. The Balaban J connectivity index is 1.70. The average Bonchev–Trinajstić information content (AvgIpc) is 3.23. The van der Waals surface area contributed by atoms with E-state index in [0.717, 1.165) is 43.3 Å². The second kappa shape index (κ2) is 11.1. The third-order valence-electron chi connectivity index (χ3n) is 6.55. The Morgan fingerprint density at radius 1 is 1.05 bits per heavy atom. The highest BCUT2D eigenvalue weighted by atomic mass is 32.2. The van der Waals surface area contributed by atoms with Gasteiger partial charge in [0.1, 0.15) is 6.54 Å². The fourth-order valence-corrected chi connectivity index (χ4v) is 8.03.